The molecule has 4 aromatic rings. The third kappa shape index (κ3) is 5.25. The molecule has 0 aliphatic rings. The highest BCUT2D eigenvalue weighted by Crippen LogP contribution is 2.34. The lowest BCUT2D eigenvalue weighted by Crippen LogP contribution is -2.23. The van der Waals surface area contributed by atoms with Gasteiger partial charge >= 0.3 is 5.97 Å². The maximum Gasteiger partial charge on any atom is 0.344 e. The number of carbonyl (C=O) groups is 1. The van der Waals surface area contributed by atoms with Gasteiger partial charge in [-0.05, 0) is 54.0 Å². The SMILES string of the molecule is CCOc1cc(C=Nn2c(-c3ccccc3)nc3ccccc3c2=O)c(Br)cc1O[C@H](C)C(=O)O. The molecule has 0 spiro atoms. The highest BCUT2D eigenvalue weighted by molar-refractivity contribution is 9.10. The topological polar surface area (TPSA) is 103 Å². The van der Waals surface area contributed by atoms with E-state index in [9.17, 15) is 14.7 Å². The fraction of sp³-hybridized carbons (Fsp3) is 0.154. The Labute approximate surface area is 209 Å². The third-order valence-electron chi connectivity index (χ3n) is 5.11. The van der Waals surface area contributed by atoms with E-state index in [0.29, 0.717) is 39.1 Å². The predicted octanol–water partition coefficient (Wildman–Crippen LogP) is 4.96. The first kappa shape index (κ1) is 24.2. The number of rotatable bonds is 8. The highest BCUT2D eigenvalue weighted by Gasteiger charge is 2.18. The molecule has 0 saturated heterocycles. The van der Waals surface area contributed by atoms with Crippen molar-refractivity contribution < 1.29 is 19.4 Å². The predicted molar refractivity (Wildman–Crippen MR) is 137 cm³/mol. The molecule has 35 heavy (non-hydrogen) atoms. The molecule has 1 heterocycles. The van der Waals surface area contributed by atoms with Crippen LogP contribution in [0.5, 0.6) is 11.5 Å². The van der Waals surface area contributed by atoms with E-state index >= 15 is 0 Å². The monoisotopic (exact) mass is 535 g/mol. The molecular formula is C26H22BrN3O5. The molecule has 0 bridgehead atoms. The number of aliphatic carboxylic acids is 1. The molecule has 0 aliphatic heterocycles. The summed E-state index contributed by atoms with van der Waals surface area (Å²) in [6.07, 6.45) is 0.456. The molecule has 0 unspecified atom stereocenters. The second-order valence-electron chi connectivity index (χ2n) is 7.53. The second-order valence-corrected chi connectivity index (χ2v) is 8.39. The number of hydrogen-bond donors (Lipinski definition) is 1. The van der Waals surface area contributed by atoms with Crippen LogP contribution < -0.4 is 15.0 Å². The van der Waals surface area contributed by atoms with Crippen LogP contribution in [0.15, 0.2) is 81.1 Å². The van der Waals surface area contributed by atoms with Crippen molar-refractivity contribution in [1.82, 2.24) is 9.66 Å². The van der Waals surface area contributed by atoms with Gasteiger partial charge in [0.25, 0.3) is 5.56 Å². The average molecular weight is 536 g/mol. The summed E-state index contributed by atoms with van der Waals surface area (Å²) < 4.78 is 13.0. The minimum Gasteiger partial charge on any atom is -0.490 e. The van der Waals surface area contributed by atoms with Crippen molar-refractivity contribution in [1.29, 1.82) is 0 Å². The molecule has 0 radical (unpaired) electrons. The molecule has 3 aromatic carbocycles. The summed E-state index contributed by atoms with van der Waals surface area (Å²) in [6.45, 7) is 3.60. The smallest absolute Gasteiger partial charge is 0.344 e. The summed E-state index contributed by atoms with van der Waals surface area (Å²) in [7, 11) is 0. The number of benzene rings is 3. The van der Waals surface area contributed by atoms with Gasteiger partial charge < -0.3 is 14.6 Å². The Morgan fingerprint density at radius 1 is 1.14 bits per heavy atom. The van der Waals surface area contributed by atoms with Crippen LogP contribution in [0.3, 0.4) is 0 Å². The lowest BCUT2D eigenvalue weighted by atomic mass is 10.2. The number of nitrogens with zero attached hydrogens (tertiary/aromatic N) is 3. The molecule has 9 heteroatoms. The highest BCUT2D eigenvalue weighted by atomic mass is 79.9. The Hall–Kier alpha value is -3.98. The van der Waals surface area contributed by atoms with E-state index in [4.69, 9.17) is 9.47 Å². The van der Waals surface area contributed by atoms with E-state index in [1.54, 1.807) is 30.3 Å². The summed E-state index contributed by atoms with van der Waals surface area (Å²) in [6, 6.07) is 19.7. The molecular weight excluding hydrogens is 514 g/mol. The summed E-state index contributed by atoms with van der Waals surface area (Å²) in [5.74, 6) is -0.0504. The number of halogens is 1. The summed E-state index contributed by atoms with van der Waals surface area (Å²) in [5, 5.41) is 14.1. The van der Waals surface area contributed by atoms with E-state index < -0.39 is 12.1 Å². The Morgan fingerprint density at radius 3 is 2.57 bits per heavy atom. The second kappa shape index (κ2) is 10.5. The van der Waals surface area contributed by atoms with Crippen LogP contribution in [-0.4, -0.2) is 39.7 Å². The molecule has 0 fully saturated rings. The number of carboxylic acid groups (broad SMARTS) is 1. The van der Waals surface area contributed by atoms with Crippen LogP contribution >= 0.6 is 15.9 Å². The first-order chi connectivity index (χ1) is 16.9. The number of ether oxygens (including phenoxy) is 2. The van der Waals surface area contributed by atoms with Gasteiger partial charge in [-0.25, -0.2) is 9.78 Å². The van der Waals surface area contributed by atoms with Crippen molar-refractivity contribution in [3.05, 3.63) is 87.1 Å². The van der Waals surface area contributed by atoms with E-state index in [2.05, 4.69) is 26.0 Å². The van der Waals surface area contributed by atoms with Crippen LogP contribution in [0.1, 0.15) is 19.4 Å². The minimum atomic E-state index is -1.09. The van der Waals surface area contributed by atoms with E-state index in [1.807, 2.05) is 43.3 Å². The fourth-order valence-electron chi connectivity index (χ4n) is 3.38. The summed E-state index contributed by atoms with van der Waals surface area (Å²) >= 11 is 3.48. The van der Waals surface area contributed by atoms with Gasteiger partial charge in [0.1, 0.15) is 0 Å². The van der Waals surface area contributed by atoms with Crippen LogP contribution in [0, 0.1) is 0 Å². The summed E-state index contributed by atoms with van der Waals surface area (Å²) in [4.78, 5) is 29.2. The molecule has 1 atom stereocenters. The zero-order valence-corrected chi connectivity index (χ0v) is 20.6. The summed E-state index contributed by atoms with van der Waals surface area (Å²) in [5.41, 5.74) is 1.62. The van der Waals surface area contributed by atoms with Gasteiger partial charge in [0.2, 0.25) is 0 Å². The normalized spacial score (nSPS) is 12.1. The van der Waals surface area contributed by atoms with Crippen molar-refractivity contribution in [3.8, 4) is 22.9 Å². The van der Waals surface area contributed by atoms with Gasteiger partial charge in [-0.1, -0.05) is 42.5 Å². The van der Waals surface area contributed by atoms with Crippen LogP contribution in [0.2, 0.25) is 0 Å². The number of fused-ring (bicyclic) bond motifs is 1. The maximum absolute atomic E-state index is 13.3. The molecule has 1 N–H and O–H groups in total. The molecule has 0 aliphatic carbocycles. The molecule has 1 aromatic heterocycles. The Kier molecular flexibility index (Phi) is 7.26. The first-order valence-corrected chi connectivity index (χ1v) is 11.7. The lowest BCUT2D eigenvalue weighted by molar-refractivity contribution is -0.144. The standard InChI is InChI=1S/C26H22BrN3O5/c1-3-34-22-13-18(20(27)14-23(22)35-16(2)26(32)33)15-28-30-24(17-9-5-4-6-10-17)29-21-12-8-7-11-19(21)25(30)31/h4-16H,3H2,1-2H3,(H,32,33)/t16-/m1/s1. The van der Waals surface area contributed by atoms with Crippen molar-refractivity contribution in [2.75, 3.05) is 6.61 Å². The van der Waals surface area contributed by atoms with Gasteiger partial charge in [-0.15, -0.1) is 0 Å². The van der Waals surface area contributed by atoms with Crippen molar-refractivity contribution in [2.45, 2.75) is 20.0 Å². The van der Waals surface area contributed by atoms with Crippen molar-refractivity contribution >= 4 is 39.0 Å². The molecule has 4 rings (SSSR count). The zero-order valence-electron chi connectivity index (χ0n) is 19.0. The van der Waals surface area contributed by atoms with Gasteiger partial charge in [0, 0.05) is 15.6 Å². The van der Waals surface area contributed by atoms with E-state index in [0.717, 1.165) is 5.56 Å². The number of hydrogen-bond acceptors (Lipinski definition) is 6. The molecule has 0 saturated carbocycles. The Balaban J connectivity index is 1.82. The fourth-order valence-corrected chi connectivity index (χ4v) is 3.80. The van der Waals surface area contributed by atoms with E-state index in [-0.39, 0.29) is 11.3 Å². The van der Waals surface area contributed by atoms with E-state index in [1.165, 1.54) is 17.8 Å². The number of para-hydroxylation sites is 1. The zero-order chi connectivity index (χ0) is 24.9. The first-order valence-electron chi connectivity index (χ1n) is 10.9. The van der Waals surface area contributed by atoms with Crippen LogP contribution in [-0.2, 0) is 4.79 Å². The van der Waals surface area contributed by atoms with Gasteiger partial charge in [-0.3, -0.25) is 4.79 Å². The maximum atomic E-state index is 13.3. The van der Waals surface area contributed by atoms with Crippen LogP contribution in [0.25, 0.3) is 22.3 Å². The van der Waals surface area contributed by atoms with Gasteiger partial charge in [-0.2, -0.15) is 9.78 Å². The largest absolute Gasteiger partial charge is 0.490 e. The number of carboxylic acids is 1. The Bertz CT molecular complexity index is 1470. The average Bonchev–Trinajstić information content (AvgIpc) is 2.86. The molecule has 0 amide bonds. The van der Waals surface area contributed by atoms with Crippen LogP contribution in [0.4, 0.5) is 0 Å². The lowest BCUT2D eigenvalue weighted by Gasteiger charge is -2.16. The number of aromatic nitrogens is 2. The quantitative estimate of drug-likeness (QED) is 0.320. The minimum absolute atomic E-state index is 0.278. The molecule has 8 nitrogen and oxygen atoms in total. The van der Waals surface area contributed by atoms with Crippen molar-refractivity contribution in [3.63, 3.8) is 0 Å². The third-order valence-corrected chi connectivity index (χ3v) is 5.80. The Morgan fingerprint density at radius 2 is 1.86 bits per heavy atom. The van der Waals surface area contributed by atoms with Gasteiger partial charge in [0.05, 0.1) is 23.7 Å². The van der Waals surface area contributed by atoms with Crippen molar-refractivity contribution in [2.24, 2.45) is 5.10 Å². The molecule has 178 valence electrons. The van der Waals surface area contributed by atoms with Gasteiger partial charge in [0.15, 0.2) is 23.4 Å².